The molecule has 0 amide bonds. The first-order valence-electron chi connectivity index (χ1n) is 6.76. The van der Waals surface area contributed by atoms with Crippen LogP contribution >= 0.6 is 11.3 Å². The Bertz CT molecular complexity index is 453. The highest BCUT2D eigenvalue weighted by atomic mass is 32.1. The summed E-state index contributed by atoms with van der Waals surface area (Å²) in [7, 11) is 2.07. The molecule has 110 valence electrons. The fourth-order valence-electron chi connectivity index (χ4n) is 2.41. The van der Waals surface area contributed by atoms with Crippen molar-refractivity contribution in [3.8, 4) is 0 Å². The molecule has 1 aromatic heterocycles. The summed E-state index contributed by atoms with van der Waals surface area (Å²) >= 11 is 1.38. The molecule has 5 nitrogen and oxygen atoms in total. The molecule has 2 heterocycles. The average Bonchev–Trinajstić information content (AvgIpc) is 2.93. The molecular weight excluding hydrogens is 276 g/mol. The van der Waals surface area contributed by atoms with E-state index in [1.54, 1.807) is 6.07 Å². The summed E-state index contributed by atoms with van der Waals surface area (Å²) in [6, 6.07) is 3.59. The molecular formula is C14H20N2O3S. The van der Waals surface area contributed by atoms with E-state index in [0.29, 0.717) is 11.4 Å². The van der Waals surface area contributed by atoms with Crippen molar-refractivity contribution in [3.05, 3.63) is 22.4 Å². The van der Waals surface area contributed by atoms with Gasteiger partial charge in [-0.3, -0.25) is 9.59 Å². The Labute approximate surface area is 122 Å². The van der Waals surface area contributed by atoms with Crippen molar-refractivity contribution in [2.24, 2.45) is 5.92 Å². The summed E-state index contributed by atoms with van der Waals surface area (Å²) in [5.41, 5.74) is 0. The molecule has 6 heteroatoms. The van der Waals surface area contributed by atoms with Crippen LogP contribution in [0.15, 0.2) is 17.5 Å². The smallest absolute Gasteiger partial charge is 0.304 e. The number of carboxylic acid groups (broad SMARTS) is 1. The van der Waals surface area contributed by atoms with E-state index in [0.717, 1.165) is 26.2 Å². The highest BCUT2D eigenvalue weighted by Crippen LogP contribution is 2.19. The summed E-state index contributed by atoms with van der Waals surface area (Å²) in [4.78, 5) is 28.5. The second-order valence-electron chi connectivity index (χ2n) is 5.24. The van der Waals surface area contributed by atoms with Crippen molar-refractivity contribution in [1.29, 1.82) is 0 Å². The normalized spacial score (nSPS) is 18.9. The molecule has 0 aromatic carbocycles. The molecule has 1 unspecified atom stereocenters. The van der Waals surface area contributed by atoms with Gasteiger partial charge in [0.1, 0.15) is 0 Å². The number of ketones is 1. The first-order valence-corrected chi connectivity index (χ1v) is 7.64. The monoisotopic (exact) mass is 296 g/mol. The van der Waals surface area contributed by atoms with Gasteiger partial charge in [0.05, 0.1) is 11.3 Å². The van der Waals surface area contributed by atoms with Crippen LogP contribution in [-0.4, -0.2) is 66.4 Å². The average molecular weight is 296 g/mol. The molecule has 1 aromatic rings. The first-order chi connectivity index (χ1) is 9.56. The predicted octanol–water partition coefficient (Wildman–Crippen LogP) is 1.27. The topological polar surface area (TPSA) is 60.9 Å². The number of likely N-dealkylation sites (N-methyl/N-ethyl adjacent to an activating group) is 1. The lowest BCUT2D eigenvalue weighted by atomic mass is 9.98. The Hall–Kier alpha value is -1.24. The highest BCUT2D eigenvalue weighted by Gasteiger charge is 2.27. The van der Waals surface area contributed by atoms with Gasteiger partial charge in [0.15, 0.2) is 5.78 Å². The Balaban J connectivity index is 2.00. The van der Waals surface area contributed by atoms with E-state index in [9.17, 15) is 9.59 Å². The number of aliphatic carboxylic acids is 1. The molecule has 1 N–H and O–H groups in total. The van der Waals surface area contributed by atoms with Crippen LogP contribution in [0.25, 0.3) is 0 Å². The summed E-state index contributed by atoms with van der Waals surface area (Å²) < 4.78 is 0. The quantitative estimate of drug-likeness (QED) is 0.801. The zero-order valence-corrected chi connectivity index (χ0v) is 12.4. The predicted molar refractivity (Wildman–Crippen MR) is 78.3 cm³/mol. The minimum atomic E-state index is -0.908. The van der Waals surface area contributed by atoms with Crippen molar-refractivity contribution < 1.29 is 14.7 Å². The van der Waals surface area contributed by atoms with Gasteiger partial charge in [-0.25, -0.2) is 0 Å². The van der Waals surface area contributed by atoms with Gasteiger partial charge in [0.25, 0.3) is 0 Å². The van der Waals surface area contributed by atoms with Crippen LogP contribution in [0, 0.1) is 5.92 Å². The number of Topliss-reactive ketones (excluding diaryl/α,β-unsaturated/α-hetero) is 1. The van der Waals surface area contributed by atoms with Gasteiger partial charge in [0, 0.05) is 38.6 Å². The van der Waals surface area contributed by atoms with Crippen molar-refractivity contribution in [3.63, 3.8) is 0 Å². The molecule has 1 atom stereocenters. The lowest BCUT2D eigenvalue weighted by Gasteiger charge is -2.34. The number of nitrogens with zero attached hydrogens (tertiary/aromatic N) is 2. The molecule has 0 bridgehead atoms. The van der Waals surface area contributed by atoms with Gasteiger partial charge in [0.2, 0.25) is 0 Å². The van der Waals surface area contributed by atoms with Crippen molar-refractivity contribution in [1.82, 2.24) is 9.80 Å². The fraction of sp³-hybridized carbons (Fsp3) is 0.571. The largest absolute Gasteiger partial charge is 0.481 e. The fourth-order valence-corrected chi connectivity index (χ4v) is 3.16. The third-order valence-corrected chi connectivity index (χ3v) is 4.51. The van der Waals surface area contributed by atoms with E-state index in [1.165, 1.54) is 11.3 Å². The molecule has 1 fully saturated rings. The van der Waals surface area contributed by atoms with Crippen LogP contribution in [0.5, 0.6) is 0 Å². The number of carboxylic acids is 1. The van der Waals surface area contributed by atoms with Gasteiger partial charge in [-0.1, -0.05) is 6.07 Å². The molecule has 1 saturated heterocycles. The van der Waals surface area contributed by atoms with Crippen LogP contribution in [0.4, 0.5) is 0 Å². The summed E-state index contributed by atoms with van der Waals surface area (Å²) in [5, 5.41) is 10.9. The molecule has 0 aliphatic carbocycles. The molecule has 1 aliphatic rings. The van der Waals surface area contributed by atoms with E-state index in [-0.39, 0.29) is 12.2 Å². The van der Waals surface area contributed by atoms with Crippen molar-refractivity contribution in [2.45, 2.75) is 6.42 Å². The van der Waals surface area contributed by atoms with Crippen LogP contribution in [0.1, 0.15) is 16.1 Å². The number of carbonyl (C=O) groups excluding carboxylic acids is 1. The van der Waals surface area contributed by atoms with E-state index < -0.39 is 11.9 Å². The molecule has 0 saturated carbocycles. The van der Waals surface area contributed by atoms with Gasteiger partial charge >= 0.3 is 5.97 Å². The van der Waals surface area contributed by atoms with E-state index in [4.69, 9.17) is 5.11 Å². The lowest BCUT2D eigenvalue weighted by molar-refractivity contribution is -0.137. The third kappa shape index (κ3) is 4.13. The summed E-state index contributed by atoms with van der Waals surface area (Å²) in [6.07, 6.45) is -0.0942. The molecule has 20 heavy (non-hydrogen) atoms. The number of hydrogen-bond acceptors (Lipinski definition) is 5. The maximum absolute atomic E-state index is 12.4. The summed E-state index contributed by atoms with van der Waals surface area (Å²) in [6.45, 7) is 4.26. The van der Waals surface area contributed by atoms with Gasteiger partial charge in [-0.2, -0.15) is 0 Å². The van der Waals surface area contributed by atoms with Crippen molar-refractivity contribution >= 4 is 23.1 Å². The Kier molecular flexibility index (Phi) is 5.28. The molecule has 1 aliphatic heterocycles. The summed E-state index contributed by atoms with van der Waals surface area (Å²) in [5.74, 6) is -1.40. The second kappa shape index (κ2) is 6.97. The number of hydrogen-bond donors (Lipinski definition) is 1. The van der Waals surface area contributed by atoms with Gasteiger partial charge < -0.3 is 14.9 Å². The van der Waals surface area contributed by atoms with Crippen LogP contribution in [0.3, 0.4) is 0 Å². The van der Waals surface area contributed by atoms with E-state index >= 15 is 0 Å². The number of thiophene rings is 1. The zero-order chi connectivity index (χ0) is 14.5. The van der Waals surface area contributed by atoms with Gasteiger partial charge in [-0.05, 0) is 18.5 Å². The molecule has 0 spiro atoms. The van der Waals surface area contributed by atoms with Crippen LogP contribution in [0.2, 0.25) is 0 Å². The molecule has 0 radical (unpaired) electrons. The SMILES string of the molecule is CN1CCN(CC(CC(=O)O)C(=O)c2cccs2)CC1. The lowest BCUT2D eigenvalue weighted by Crippen LogP contribution is -2.47. The minimum absolute atomic E-state index is 0.0404. The maximum Gasteiger partial charge on any atom is 0.304 e. The molecule has 2 rings (SSSR count). The van der Waals surface area contributed by atoms with Gasteiger partial charge in [-0.15, -0.1) is 11.3 Å². The Morgan fingerprint density at radius 2 is 2.05 bits per heavy atom. The second-order valence-corrected chi connectivity index (χ2v) is 6.19. The number of rotatable bonds is 6. The maximum atomic E-state index is 12.4. The standard InChI is InChI=1S/C14H20N2O3S/c1-15-4-6-16(7-5-15)10-11(9-13(17)18)14(19)12-3-2-8-20-12/h2-3,8,11H,4-7,9-10H2,1H3,(H,17,18). The highest BCUT2D eigenvalue weighted by molar-refractivity contribution is 7.12. The minimum Gasteiger partial charge on any atom is -0.481 e. The third-order valence-electron chi connectivity index (χ3n) is 3.63. The number of piperazine rings is 1. The van der Waals surface area contributed by atoms with E-state index in [1.807, 2.05) is 11.4 Å². The number of carbonyl (C=O) groups is 2. The van der Waals surface area contributed by atoms with Crippen LogP contribution < -0.4 is 0 Å². The first kappa shape index (κ1) is 15.2. The Morgan fingerprint density at radius 1 is 1.35 bits per heavy atom. The van der Waals surface area contributed by atoms with Crippen LogP contribution in [-0.2, 0) is 4.79 Å². The Morgan fingerprint density at radius 3 is 2.60 bits per heavy atom. The van der Waals surface area contributed by atoms with Crippen molar-refractivity contribution in [2.75, 3.05) is 39.8 Å². The van der Waals surface area contributed by atoms with E-state index in [2.05, 4.69) is 16.8 Å². The zero-order valence-electron chi connectivity index (χ0n) is 11.6.